The molecule has 1 aliphatic carbocycles. The molecule has 17 heavy (non-hydrogen) atoms. The molecule has 0 unspecified atom stereocenters. The number of hydrogen-bond donors (Lipinski definition) is 0. The van der Waals surface area contributed by atoms with Gasteiger partial charge in [-0.1, -0.05) is 12.1 Å². The number of nitrogens with zero attached hydrogens (tertiary/aromatic N) is 2. The van der Waals surface area contributed by atoms with Crippen molar-refractivity contribution < 1.29 is 9.66 Å². The van der Waals surface area contributed by atoms with Gasteiger partial charge in [-0.25, -0.2) is 0 Å². The zero-order valence-electron chi connectivity index (χ0n) is 9.83. The van der Waals surface area contributed by atoms with Gasteiger partial charge >= 0.3 is 5.69 Å². The zero-order chi connectivity index (χ0) is 12.3. The van der Waals surface area contributed by atoms with Crippen LogP contribution in [0.2, 0.25) is 0 Å². The van der Waals surface area contributed by atoms with Gasteiger partial charge in [0.2, 0.25) is 0 Å². The maximum atomic E-state index is 10.8. The molecule has 0 aromatic heterocycles. The highest BCUT2D eigenvalue weighted by molar-refractivity contribution is 5.45. The molecule has 1 saturated carbocycles. The highest BCUT2D eigenvalue weighted by atomic mass is 16.6. The lowest BCUT2D eigenvalue weighted by Crippen LogP contribution is -2.26. The summed E-state index contributed by atoms with van der Waals surface area (Å²) in [6.45, 7) is 1.29. The lowest BCUT2D eigenvalue weighted by molar-refractivity contribution is -0.385. The smallest absolute Gasteiger partial charge is 0.310 e. The third kappa shape index (κ3) is 3.17. The topological polar surface area (TPSA) is 55.6 Å². The molecular weight excluding hydrogens is 220 g/mol. The molecule has 1 aliphatic rings. The molecule has 0 spiro atoms. The third-order valence-electron chi connectivity index (χ3n) is 2.93. The molecule has 0 atom stereocenters. The van der Waals surface area contributed by atoms with Gasteiger partial charge < -0.3 is 9.64 Å². The minimum Gasteiger partial charge on any atom is -0.485 e. The predicted molar refractivity (Wildman–Crippen MR) is 64.2 cm³/mol. The lowest BCUT2D eigenvalue weighted by Gasteiger charge is -2.15. The van der Waals surface area contributed by atoms with E-state index in [-0.39, 0.29) is 5.69 Å². The lowest BCUT2D eigenvalue weighted by atomic mass is 10.3. The zero-order valence-corrected chi connectivity index (χ0v) is 9.83. The van der Waals surface area contributed by atoms with Crippen molar-refractivity contribution in [2.45, 2.75) is 18.9 Å². The molecule has 0 radical (unpaired) electrons. The Morgan fingerprint density at radius 3 is 2.82 bits per heavy atom. The molecule has 5 heteroatoms. The third-order valence-corrected chi connectivity index (χ3v) is 2.93. The van der Waals surface area contributed by atoms with Crippen LogP contribution in [0.15, 0.2) is 24.3 Å². The second-order valence-corrected chi connectivity index (χ2v) is 4.29. The van der Waals surface area contributed by atoms with E-state index in [1.807, 2.05) is 0 Å². The van der Waals surface area contributed by atoms with E-state index in [4.69, 9.17) is 4.74 Å². The fourth-order valence-electron chi connectivity index (χ4n) is 1.73. The molecular formula is C12H16N2O3. The first-order chi connectivity index (χ1) is 8.18. The van der Waals surface area contributed by atoms with E-state index in [1.165, 1.54) is 18.9 Å². The highest BCUT2D eigenvalue weighted by Crippen LogP contribution is 2.27. The number of nitro benzene ring substituents is 1. The summed E-state index contributed by atoms with van der Waals surface area (Å²) in [5, 5.41) is 10.8. The summed E-state index contributed by atoms with van der Waals surface area (Å²) in [5.41, 5.74) is 0.0292. The van der Waals surface area contributed by atoms with Crippen molar-refractivity contribution in [2.75, 3.05) is 20.2 Å². The minimum atomic E-state index is -0.417. The molecule has 0 amide bonds. The maximum absolute atomic E-state index is 10.8. The molecule has 0 saturated heterocycles. The van der Waals surface area contributed by atoms with Crippen molar-refractivity contribution >= 4 is 5.69 Å². The van der Waals surface area contributed by atoms with Gasteiger partial charge in [0, 0.05) is 18.7 Å². The summed E-state index contributed by atoms with van der Waals surface area (Å²) in [4.78, 5) is 12.6. The van der Waals surface area contributed by atoms with Crippen molar-refractivity contribution in [3.8, 4) is 5.75 Å². The van der Waals surface area contributed by atoms with Gasteiger partial charge in [-0.2, -0.15) is 0 Å². The van der Waals surface area contributed by atoms with E-state index in [0.29, 0.717) is 18.4 Å². The second-order valence-electron chi connectivity index (χ2n) is 4.29. The number of nitro groups is 1. The van der Waals surface area contributed by atoms with Crippen LogP contribution >= 0.6 is 0 Å². The summed E-state index contributed by atoms with van der Waals surface area (Å²) >= 11 is 0. The van der Waals surface area contributed by atoms with Crippen molar-refractivity contribution in [1.29, 1.82) is 0 Å². The maximum Gasteiger partial charge on any atom is 0.310 e. The molecule has 92 valence electrons. The van der Waals surface area contributed by atoms with E-state index >= 15 is 0 Å². The fourth-order valence-corrected chi connectivity index (χ4v) is 1.73. The van der Waals surface area contributed by atoms with Crippen LogP contribution in [0.5, 0.6) is 5.75 Å². The molecule has 0 heterocycles. The Morgan fingerprint density at radius 1 is 1.47 bits per heavy atom. The first-order valence-corrected chi connectivity index (χ1v) is 5.75. The van der Waals surface area contributed by atoms with Crippen LogP contribution in [0, 0.1) is 10.1 Å². The summed E-state index contributed by atoms with van der Waals surface area (Å²) < 4.78 is 5.46. The number of ether oxygens (including phenoxy) is 1. The van der Waals surface area contributed by atoms with E-state index < -0.39 is 4.92 Å². The van der Waals surface area contributed by atoms with Crippen LogP contribution < -0.4 is 4.74 Å². The minimum absolute atomic E-state index is 0.0292. The first-order valence-electron chi connectivity index (χ1n) is 5.75. The van der Waals surface area contributed by atoms with Crippen LogP contribution in [0.25, 0.3) is 0 Å². The summed E-state index contributed by atoms with van der Waals surface area (Å²) in [5.74, 6) is 0.349. The van der Waals surface area contributed by atoms with Crippen LogP contribution in [-0.2, 0) is 0 Å². The van der Waals surface area contributed by atoms with Crippen LogP contribution in [0.1, 0.15) is 12.8 Å². The molecule has 0 aliphatic heterocycles. The molecule has 2 rings (SSSR count). The molecule has 1 fully saturated rings. The van der Waals surface area contributed by atoms with E-state index in [1.54, 1.807) is 18.2 Å². The van der Waals surface area contributed by atoms with E-state index in [0.717, 1.165) is 6.54 Å². The number of benzene rings is 1. The van der Waals surface area contributed by atoms with Crippen molar-refractivity contribution in [1.82, 2.24) is 4.90 Å². The molecule has 0 N–H and O–H groups in total. The van der Waals surface area contributed by atoms with Crippen LogP contribution in [0.4, 0.5) is 5.69 Å². The largest absolute Gasteiger partial charge is 0.485 e. The van der Waals surface area contributed by atoms with Crippen LogP contribution in [-0.4, -0.2) is 36.1 Å². The van der Waals surface area contributed by atoms with E-state index in [2.05, 4.69) is 11.9 Å². The molecule has 1 aromatic carbocycles. The van der Waals surface area contributed by atoms with Gasteiger partial charge in [0.25, 0.3) is 0 Å². The Kier molecular flexibility index (Phi) is 3.58. The average Bonchev–Trinajstić information content (AvgIpc) is 3.13. The number of rotatable bonds is 6. The Morgan fingerprint density at radius 2 is 2.18 bits per heavy atom. The summed E-state index contributed by atoms with van der Waals surface area (Å²) in [6.07, 6.45) is 2.50. The van der Waals surface area contributed by atoms with Crippen molar-refractivity contribution in [3.63, 3.8) is 0 Å². The van der Waals surface area contributed by atoms with Gasteiger partial charge in [-0.15, -0.1) is 0 Å². The molecule has 1 aromatic rings. The predicted octanol–water partition coefficient (Wildman–Crippen LogP) is 2.07. The molecule has 0 bridgehead atoms. The standard InChI is InChI=1S/C12H16N2O3/c1-13(10-6-7-10)8-9-17-12-5-3-2-4-11(12)14(15)16/h2-5,10H,6-9H2,1H3. The van der Waals surface area contributed by atoms with Gasteiger partial charge in [-0.3, -0.25) is 10.1 Å². The Labute approximate surface area is 100 Å². The first kappa shape index (κ1) is 11.9. The Balaban J connectivity index is 1.87. The monoisotopic (exact) mass is 236 g/mol. The van der Waals surface area contributed by atoms with Crippen molar-refractivity contribution in [3.05, 3.63) is 34.4 Å². The molecule has 5 nitrogen and oxygen atoms in total. The Hall–Kier alpha value is -1.62. The summed E-state index contributed by atoms with van der Waals surface area (Å²) in [6, 6.07) is 7.16. The average molecular weight is 236 g/mol. The van der Waals surface area contributed by atoms with Gasteiger partial charge in [0.15, 0.2) is 5.75 Å². The fraction of sp³-hybridized carbons (Fsp3) is 0.500. The highest BCUT2D eigenvalue weighted by Gasteiger charge is 2.25. The quantitative estimate of drug-likeness (QED) is 0.560. The SMILES string of the molecule is CN(CCOc1ccccc1[N+](=O)[O-])C1CC1. The number of para-hydroxylation sites is 2. The van der Waals surface area contributed by atoms with E-state index in [9.17, 15) is 10.1 Å². The van der Waals surface area contributed by atoms with Gasteiger partial charge in [-0.05, 0) is 26.0 Å². The summed E-state index contributed by atoms with van der Waals surface area (Å²) in [7, 11) is 2.06. The Bertz CT molecular complexity index is 404. The normalized spacial score (nSPS) is 14.9. The van der Waals surface area contributed by atoms with Crippen molar-refractivity contribution in [2.24, 2.45) is 0 Å². The van der Waals surface area contributed by atoms with Gasteiger partial charge in [0.1, 0.15) is 6.61 Å². The van der Waals surface area contributed by atoms with Gasteiger partial charge in [0.05, 0.1) is 4.92 Å². The number of hydrogen-bond acceptors (Lipinski definition) is 4. The second kappa shape index (κ2) is 5.14. The van der Waals surface area contributed by atoms with Crippen LogP contribution in [0.3, 0.4) is 0 Å². The number of likely N-dealkylation sites (N-methyl/N-ethyl adjacent to an activating group) is 1.